The molecule has 1 aliphatic heterocycles. The summed E-state index contributed by atoms with van der Waals surface area (Å²) in [5, 5.41) is 7.05. The minimum atomic E-state index is 0. The summed E-state index contributed by atoms with van der Waals surface area (Å²) in [6, 6.07) is 1.48. The molecule has 148 valence electrons. The average Bonchev–Trinajstić information content (AvgIpc) is 3.38. The van der Waals surface area contributed by atoms with E-state index in [1.54, 1.807) is 0 Å². The van der Waals surface area contributed by atoms with Crippen molar-refractivity contribution in [3.8, 4) is 0 Å². The number of likely N-dealkylation sites (tertiary alicyclic amines) is 1. The lowest BCUT2D eigenvalue weighted by atomic mass is 10.1. The predicted octanol–water partition coefficient (Wildman–Crippen LogP) is 2.77. The Balaban J connectivity index is 0.00000243. The summed E-state index contributed by atoms with van der Waals surface area (Å²) >= 11 is 0. The smallest absolute Gasteiger partial charge is 0.191 e. The molecule has 0 unspecified atom stereocenters. The van der Waals surface area contributed by atoms with Gasteiger partial charge in [0.2, 0.25) is 0 Å². The van der Waals surface area contributed by atoms with Crippen LogP contribution in [0.4, 0.5) is 0 Å². The number of hydrogen-bond acceptors (Lipinski definition) is 3. The van der Waals surface area contributed by atoms with Gasteiger partial charge in [-0.1, -0.05) is 0 Å². The van der Waals surface area contributed by atoms with E-state index in [-0.39, 0.29) is 24.0 Å². The number of nitrogens with one attached hydrogen (secondary N) is 2. The van der Waals surface area contributed by atoms with E-state index in [0.29, 0.717) is 6.04 Å². The van der Waals surface area contributed by atoms with Crippen LogP contribution in [0.3, 0.4) is 0 Å². The van der Waals surface area contributed by atoms with Crippen LogP contribution in [0.15, 0.2) is 17.4 Å². The molecule has 0 amide bonds. The zero-order valence-corrected chi connectivity index (χ0v) is 18.6. The maximum atomic E-state index is 4.77. The number of halogens is 1. The third kappa shape index (κ3) is 6.72. The Morgan fingerprint density at radius 2 is 2.00 bits per heavy atom. The van der Waals surface area contributed by atoms with Crippen LogP contribution in [0, 0.1) is 6.92 Å². The van der Waals surface area contributed by atoms with Gasteiger partial charge in [-0.25, -0.2) is 4.98 Å². The third-order valence-electron chi connectivity index (χ3n) is 5.28. The van der Waals surface area contributed by atoms with Crippen LogP contribution in [0.5, 0.6) is 0 Å². The lowest BCUT2D eigenvalue weighted by Crippen LogP contribution is -2.49. The van der Waals surface area contributed by atoms with Crippen LogP contribution < -0.4 is 10.6 Å². The quantitative estimate of drug-likeness (QED) is 0.263. The molecular formula is C19H35IN6. The zero-order valence-electron chi connectivity index (χ0n) is 16.3. The number of piperidine rings is 1. The number of nitrogens with zero attached hydrogens (tertiary/aromatic N) is 4. The van der Waals surface area contributed by atoms with Crippen molar-refractivity contribution in [2.75, 3.05) is 26.2 Å². The summed E-state index contributed by atoms with van der Waals surface area (Å²) in [5.41, 5.74) is 0. The first-order chi connectivity index (χ1) is 12.3. The summed E-state index contributed by atoms with van der Waals surface area (Å²) < 4.78 is 2.21. The largest absolute Gasteiger partial charge is 0.357 e. The monoisotopic (exact) mass is 474 g/mol. The molecule has 2 fully saturated rings. The van der Waals surface area contributed by atoms with E-state index in [1.807, 2.05) is 6.20 Å². The molecule has 2 N–H and O–H groups in total. The maximum Gasteiger partial charge on any atom is 0.191 e. The molecule has 0 atom stereocenters. The Hall–Kier alpha value is -0.830. The number of guanidine groups is 1. The normalized spacial score (nSPS) is 19.2. The van der Waals surface area contributed by atoms with Crippen molar-refractivity contribution in [2.45, 2.75) is 71.0 Å². The van der Waals surface area contributed by atoms with Crippen LogP contribution in [-0.4, -0.2) is 58.7 Å². The summed E-state index contributed by atoms with van der Waals surface area (Å²) in [6.07, 6.45) is 11.5. The Bertz CT molecular complexity index is 546. The molecule has 1 saturated heterocycles. The van der Waals surface area contributed by atoms with Gasteiger partial charge in [-0.2, -0.15) is 0 Å². The van der Waals surface area contributed by atoms with E-state index in [1.165, 1.54) is 38.8 Å². The van der Waals surface area contributed by atoms with E-state index in [2.05, 4.69) is 45.1 Å². The summed E-state index contributed by atoms with van der Waals surface area (Å²) in [6.45, 7) is 9.50. The number of unbranched alkanes of at least 4 members (excludes halogenated alkanes) is 1. The number of imidazole rings is 1. The molecule has 26 heavy (non-hydrogen) atoms. The molecule has 1 aromatic heterocycles. The molecule has 3 rings (SSSR count). The Morgan fingerprint density at radius 3 is 2.62 bits per heavy atom. The van der Waals surface area contributed by atoms with E-state index in [0.717, 1.165) is 50.3 Å². The minimum absolute atomic E-state index is 0. The molecular weight excluding hydrogens is 439 g/mol. The van der Waals surface area contributed by atoms with Gasteiger partial charge >= 0.3 is 0 Å². The standard InChI is InChI=1S/C19H34N6.HI/c1-3-20-19(22-10-4-5-12-24-15-11-21-16(24)2)23-17-8-13-25(14-9-17)18-6-7-18;/h11,15,17-18H,3-10,12-14H2,1-2H3,(H2,20,22,23);1H. The summed E-state index contributed by atoms with van der Waals surface area (Å²) in [4.78, 5) is 11.7. The van der Waals surface area contributed by atoms with Gasteiger partial charge in [0.05, 0.1) is 0 Å². The van der Waals surface area contributed by atoms with Crippen molar-refractivity contribution in [1.82, 2.24) is 25.1 Å². The highest BCUT2D eigenvalue weighted by Crippen LogP contribution is 2.29. The molecule has 0 aromatic carbocycles. The van der Waals surface area contributed by atoms with Gasteiger partial charge in [0, 0.05) is 57.2 Å². The van der Waals surface area contributed by atoms with Crippen molar-refractivity contribution < 1.29 is 0 Å². The second-order valence-electron chi connectivity index (χ2n) is 7.32. The van der Waals surface area contributed by atoms with Crippen molar-refractivity contribution in [3.63, 3.8) is 0 Å². The minimum Gasteiger partial charge on any atom is -0.357 e. The van der Waals surface area contributed by atoms with Gasteiger partial charge in [0.1, 0.15) is 5.82 Å². The number of aromatic nitrogens is 2. The highest BCUT2D eigenvalue weighted by Gasteiger charge is 2.31. The molecule has 7 heteroatoms. The van der Waals surface area contributed by atoms with Gasteiger partial charge in [0.15, 0.2) is 5.96 Å². The van der Waals surface area contributed by atoms with E-state index in [4.69, 9.17) is 4.99 Å². The SMILES string of the molecule is CCNC(=NCCCCn1ccnc1C)NC1CCN(C2CC2)CC1.I. The van der Waals surface area contributed by atoms with E-state index >= 15 is 0 Å². The van der Waals surface area contributed by atoms with Gasteiger partial charge in [0.25, 0.3) is 0 Å². The number of rotatable bonds is 8. The highest BCUT2D eigenvalue weighted by molar-refractivity contribution is 14.0. The van der Waals surface area contributed by atoms with E-state index < -0.39 is 0 Å². The number of aryl methyl sites for hydroxylation is 2. The van der Waals surface area contributed by atoms with Gasteiger partial charge in [-0.15, -0.1) is 24.0 Å². The number of aliphatic imine (C=N–C) groups is 1. The Morgan fingerprint density at radius 1 is 1.23 bits per heavy atom. The van der Waals surface area contributed by atoms with Crippen LogP contribution in [0.2, 0.25) is 0 Å². The van der Waals surface area contributed by atoms with Gasteiger partial charge < -0.3 is 20.1 Å². The molecule has 6 nitrogen and oxygen atoms in total. The van der Waals surface area contributed by atoms with Crippen LogP contribution in [0.1, 0.15) is 51.3 Å². The molecule has 1 saturated carbocycles. The second-order valence-corrected chi connectivity index (χ2v) is 7.32. The fourth-order valence-electron chi connectivity index (χ4n) is 3.59. The van der Waals surface area contributed by atoms with Crippen molar-refractivity contribution in [1.29, 1.82) is 0 Å². The summed E-state index contributed by atoms with van der Waals surface area (Å²) in [7, 11) is 0. The lowest BCUT2D eigenvalue weighted by Gasteiger charge is -2.33. The summed E-state index contributed by atoms with van der Waals surface area (Å²) in [5.74, 6) is 2.09. The Labute approximate surface area is 175 Å². The molecule has 2 heterocycles. The highest BCUT2D eigenvalue weighted by atomic mass is 127. The van der Waals surface area contributed by atoms with Crippen molar-refractivity contribution in [2.24, 2.45) is 4.99 Å². The first kappa shape index (κ1) is 21.5. The average molecular weight is 474 g/mol. The molecule has 1 aromatic rings. The lowest BCUT2D eigenvalue weighted by molar-refractivity contribution is 0.197. The van der Waals surface area contributed by atoms with Crippen LogP contribution in [-0.2, 0) is 6.54 Å². The second kappa shape index (κ2) is 11.1. The van der Waals surface area contributed by atoms with Crippen LogP contribution >= 0.6 is 24.0 Å². The van der Waals surface area contributed by atoms with E-state index in [9.17, 15) is 0 Å². The van der Waals surface area contributed by atoms with Crippen molar-refractivity contribution >= 4 is 29.9 Å². The number of hydrogen-bond donors (Lipinski definition) is 2. The molecule has 1 aliphatic carbocycles. The van der Waals surface area contributed by atoms with Gasteiger partial charge in [-0.05, 0) is 52.4 Å². The fourth-order valence-corrected chi connectivity index (χ4v) is 3.59. The molecule has 0 spiro atoms. The third-order valence-corrected chi connectivity index (χ3v) is 5.28. The molecule has 0 bridgehead atoms. The van der Waals surface area contributed by atoms with Gasteiger partial charge in [-0.3, -0.25) is 4.99 Å². The first-order valence-corrected chi connectivity index (χ1v) is 10.0. The predicted molar refractivity (Wildman–Crippen MR) is 118 cm³/mol. The first-order valence-electron chi connectivity index (χ1n) is 10.0. The zero-order chi connectivity index (χ0) is 17.5. The fraction of sp³-hybridized carbons (Fsp3) is 0.789. The Kier molecular flexibility index (Phi) is 9.18. The molecule has 2 aliphatic rings. The molecule has 0 radical (unpaired) electrons. The topological polar surface area (TPSA) is 57.5 Å². The van der Waals surface area contributed by atoms with Crippen LogP contribution in [0.25, 0.3) is 0 Å². The maximum absolute atomic E-state index is 4.77. The van der Waals surface area contributed by atoms with Crippen molar-refractivity contribution in [3.05, 3.63) is 18.2 Å².